The Morgan fingerprint density at radius 2 is 2.00 bits per heavy atom. The molecule has 0 N–H and O–H groups in total. The first-order valence-electron chi connectivity index (χ1n) is 7.25. The molecule has 0 saturated heterocycles. The number of rotatable bonds is 5. The number of halogens is 1. The first kappa shape index (κ1) is 17.1. The SMILES string of the molecule is Cc1ccc(S(=O)(=O)OCC2CC(c3ccc(Br)cn3)=NO2)cc1. The molecule has 0 spiro atoms. The first-order chi connectivity index (χ1) is 11.4. The number of pyridine rings is 1. The van der Waals surface area contributed by atoms with E-state index in [0.717, 1.165) is 10.0 Å². The Balaban J connectivity index is 1.59. The van der Waals surface area contributed by atoms with Gasteiger partial charge in [0.15, 0.2) is 6.10 Å². The average molecular weight is 411 g/mol. The van der Waals surface area contributed by atoms with Gasteiger partial charge in [-0.25, -0.2) is 0 Å². The molecular formula is C16H15BrN2O4S. The highest BCUT2D eigenvalue weighted by molar-refractivity contribution is 9.10. The number of benzene rings is 1. The van der Waals surface area contributed by atoms with E-state index in [0.29, 0.717) is 17.8 Å². The minimum atomic E-state index is -3.80. The number of nitrogens with zero attached hydrogens (tertiary/aromatic N) is 2. The van der Waals surface area contributed by atoms with Crippen molar-refractivity contribution in [1.29, 1.82) is 0 Å². The minimum absolute atomic E-state index is 0.0975. The van der Waals surface area contributed by atoms with E-state index in [4.69, 9.17) is 9.02 Å². The van der Waals surface area contributed by atoms with Crippen LogP contribution in [0, 0.1) is 6.92 Å². The number of aromatic nitrogens is 1. The number of oxime groups is 1. The molecule has 0 aliphatic carbocycles. The zero-order chi connectivity index (χ0) is 17.2. The predicted molar refractivity (Wildman–Crippen MR) is 92.3 cm³/mol. The molecule has 1 aromatic heterocycles. The molecule has 1 unspecified atom stereocenters. The molecule has 1 atom stereocenters. The summed E-state index contributed by atoms with van der Waals surface area (Å²) >= 11 is 3.32. The van der Waals surface area contributed by atoms with E-state index in [2.05, 4.69) is 26.1 Å². The van der Waals surface area contributed by atoms with Crippen LogP contribution in [0.25, 0.3) is 0 Å². The molecule has 0 saturated carbocycles. The van der Waals surface area contributed by atoms with Gasteiger partial charge in [0.25, 0.3) is 10.1 Å². The number of hydrogen-bond donors (Lipinski definition) is 0. The third-order valence-corrected chi connectivity index (χ3v) is 5.24. The molecule has 0 radical (unpaired) electrons. The van der Waals surface area contributed by atoms with Gasteiger partial charge in [0.1, 0.15) is 12.3 Å². The van der Waals surface area contributed by atoms with Gasteiger partial charge in [-0.1, -0.05) is 22.9 Å². The summed E-state index contributed by atoms with van der Waals surface area (Å²) in [5.41, 5.74) is 2.35. The maximum Gasteiger partial charge on any atom is 0.297 e. The van der Waals surface area contributed by atoms with E-state index in [1.165, 1.54) is 12.1 Å². The monoisotopic (exact) mass is 410 g/mol. The van der Waals surface area contributed by atoms with Crippen molar-refractivity contribution in [1.82, 2.24) is 4.98 Å². The molecular weight excluding hydrogens is 396 g/mol. The van der Waals surface area contributed by atoms with Crippen LogP contribution in [0.4, 0.5) is 0 Å². The van der Waals surface area contributed by atoms with Crippen LogP contribution >= 0.6 is 15.9 Å². The van der Waals surface area contributed by atoms with Crippen molar-refractivity contribution in [2.75, 3.05) is 6.61 Å². The van der Waals surface area contributed by atoms with E-state index in [1.807, 2.05) is 19.1 Å². The van der Waals surface area contributed by atoms with Crippen LogP contribution in [0.2, 0.25) is 0 Å². The molecule has 1 aromatic carbocycles. The average Bonchev–Trinajstić information content (AvgIpc) is 3.03. The smallest absolute Gasteiger partial charge is 0.297 e. The second-order valence-electron chi connectivity index (χ2n) is 5.38. The molecule has 8 heteroatoms. The summed E-state index contributed by atoms with van der Waals surface area (Å²) in [6.45, 7) is 1.79. The summed E-state index contributed by atoms with van der Waals surface area (Å²) in [7, 11) is -3.80. The maximum absolute atomic E-state index is 12.2. The molecule has 1 aliphatic rings. The topological polar surface area (TPSA) is 77.9 Å². The van der Waals surface area contributed by atoms with Crippen molar-refractivity contribution in [2.45, 2.75) is 24.3 Å². The largest absolute Gasteiger partial charge is 0.389 e. The molecule has 0 fully saturated rings. The van der Waals surface area contributed by atoms with E-state index in [-0.39, 0.29) is 11.5 Å². The van der Waals surface area contributed by atoms with E-state index >= 15 is 0 Å². The quantitative estimate of drug-likeness (QED) is 0.707. The summed E-state index contributed by atoms with van der Waals surface area (Å²) in [5.74, 6) is 0. The second-order valence-corrected chi connectivity index (χ2v) is 7.91. The normalized spacial score (nSPS) is 17.4. The predicted octanol–water partition coefficient (Wildman–Crippen LogP) is 3.05. The van der Waals surface area contributed by atoms with E-state index < -0.39 is 16.2 Å². The lowest BCUT2D eigenvalue weighted by Crippen LogP contribution is -2.19. The lowest BCUT2D eigenvalue weighted by Gasteiger charge is -2.09. The van der Waals surface area contributed by atoms with Crippen molar-refractivity contribution in [3.8, 4) is 0 Å². The summed E-state index contributed by atoms with van der Waals surface area (Å²) < 4.78 is 30.3. The Morgan fingerprint density at radius 1 is 1.25 bits per heavy atom. The van der Waals surface area contributed by atoms with E-state index in [9.17, 15) is 8.42 Å². The summed E-state index contributed by atoms with van der Waals surface area (Å²) in [6.07, 6.45) is 1.66. The van der Waals surface area contributed by atoms with Crippen LogP contribution in [0.1, 0.15) is 17.7 Å². The minimum Gasteiger partial charge on any atom is -0.389 e. The molecule has 3 rings (SSSR count). The highest BCUT2D eigenvalue weighted by Gasteiger charge is 2.26. The van der Waals surface area contributed by atoms with Crippen LogP contribution in [-0.4, -0.2) is 31.8 Å². The second kappa shape index (κ2) is 7.00. The van der Waals surface area contributed by atoms with E-state index in [1.54, 1.807) is 18.3 Å². The molecule has 0 amide bonds. The van der Waals surface area contributed by atoms with Crippen molar-refractivity contribution < 1.29 is 17.4 Å². The summed E-state index contributed by atoms with van der Waals surface area (Å²) in [4.78, 5) is 9.62. The number of aryl methyl sites for hydroxylation is 1. The Bertz CT molecular complexity index is 849. The van der Waals surface area contributed by atoms with Gasteiger partial charge in [-0.3, -0.25) is 9.17 Å². The molecule has 6 nitrogen and oxygen atoms in total. The molecule has 126 valence electrons. The van der Waals surface area contributed by atoms with Crippen molar-refractivity contribution in [3.63, 3.8) is 0 Å². The molecule has 24 heavy (non-hydrogen) atoms. The van der Waals surface area contributed by atoms with Gasteiger partial charge in [0, 0.05) is 17.1 Å². The lowest BCUT2D eigenvalue weighted by atomic mass is 10.1. The number of hydrogen-bond acceptors (Lipinski definition) is 6. The van der Waals surface area contributed by atoms with Gasteiger partial charge >= 0.3 is 0 Å². The van der Waals surface area contributed by atoms with Gasteiger partial charge in [-0.15, -0.1) is 0 Å². The van der Waals surface area contributed by atoms with Crippen LogP contribution in [0.3, 0.4) is 0 Å². The molecule has 2 aromatic rings. The Labute approximate surface area is 148 Å². The van der Waals surface area contributed by atoms with Crippen LogP contribution < -0.4 is 0 Å². The van der Waals surface area contributed by atoms with Gasteiger partial charge in [0.2, 0.25) is 0 Å². The standard InChI is InChI=1S/C16H15BrN2O4S/c1-11-2-5-14(6-3-11)24(20,21)22-10-13-8-16(19-23-13)15-7-4-12(17)9-18-15/h2-7,9,13H,8,10H2,1H3. The maximum atomic E-state index is 12.2. The fourth-order valence-corrected chi connectivity index (χ4v) is 3.32. The van der Waals surface area contributed by atoms with Gasteiger partial charge in [-0.05, 0) is 47.1 Å². The van der Waals surface area contributed by atoms with Gasteiger partial charge in [0.05, 0.1) is 10.6 Å². The van der Waals surface area contributed by atoms with Crippen LogP contribution in [0.15, 0.2) is 57.1 Å². The van der Waals surface area contributed by atoms with Gasteiger partial charge in [-0.2, -0.15) is 8.42 Å². The fraction of sp³-hybridized carbons (Fsp3) is 0.250. The van der Waals surface area contributed by atoms with Crippen molar-refractivity contribution in [2.24, 2.45) is 5.16 Å². The third-order valence-electron chi connectivity index (χ3n) is 3.47. The summed E-state index contributed by atoms with van der Waals surface area (Å²) in [5, 5.41) is 3.97. The molecule has 1 aliphatic heterocycles. The van der Waals surface area contributed by atoms with Crippen LogP contribution in [0.5, 0.6) is 0 Å². The van der Waals surface area contributed by atoms with Crippen LogP contribution in [-0.2, 0) is 19.1 Å². The third kappa shape index (κ3) is 4.00. The highest BCUT2D eigenvalue weighted by atomic mass is 79.9. The zero-order valence-corrected chi connectivity index (χ0v) is 15.2. The molecule has 2 heterocycles. The lowest BCUT2D eigenvalue weighted by molar-refractivity contribution is 0.0490. The van der Waals surface area contributed by atoms with Gasteiger partial charge < -0.3 is 4.84 Å². The Kier molecular flexibility index (Phi) is 4.98. The Hall–Kier alpha value is -1.77. The zero-order valence-electron chi connectivity index (χ0n) is 12.8. The van der Waals surface area contributed by atoms with Crippen molar-refractivity contribution in [3.05, 3.63) is 58.3 Å². The highest BCUT2D eigenvalue weighted by Crippen LogP contribution is 2.19. The van der Waals surface area contributed by atoms with Crippen molar-refractivity contribution >= 4 is 31.8 Å². The Morgan fingerprint density at radius 3 is 2.67 bits per heavy atom. The fourth-order valence-electron chi connectivity index (χ4n) is 2.15. The summed E-state index contributed by atoms with van der Waals surface area (Å²) in [6, 6.07) is 10.2. The first-order valence-corrected chi connectivity index (χ1v) is 9.45. The molecule has 0 bridgehead atoms.